The predicted molar refractivity (Wildman–Crippen MR) is 70.9 cm³/mol. The number of thioether (sulfide) groups is 1. The van der Waals surface area contributed by atoms with Crippen molar-refractivity contribution in [3.8, 4) is 6.07 Å². The van der Waals surface area contributed by atoms with Crippen molar-refractivity contribution in [1.29, 1.82) is 5.26 Å². The van der Waals surface area contributed by atoms with Gasteiger partial charge in [0.05, 0.1) is 17.4 Å². The second-order valence-corrected chi connectivity index (χ2v) is 5.89. The summed E-state index contributed by atoms with van der Waals surface area (Å²) in [5.41, 5.74) is 1.17. The standard InChI is InChI=1S/C12H9N3OS2/c1-8-14-15-12(18-8)17-7-11(16)10-4-2-9(6-13)3-5-10/h2-5H,7H2,1H3. The van der Waals surface area contributed by atoms with Crippen LogP contribution in [-0.4, -0.2) is 21.7 Å². The summed E-state index contributed by atoms with van der Waals surface area (Å²) < 4.78 is 0.800. The zero-order valence-electron chi connectivity index (χ0n) is 9.58. The number of nitrogens with zero attached hydrogens (tertiary/aromatic N) is 3. The van der Waals surface area contributed by atoms with Gasteiger partial charge in [-0.15, -0.1) is 10.2 Å². The average molecular weight is 275 g/mol. The van der Waals surface area contributed by atoms with Gasteiger partial charge >= 0.3 is 0 Å². The Morgan fingerprint density at radius 3 is 2.67 bits per heavy atom. The van der Waals surface area contributed by atoms with E-state index in [1.807, 2.05) is 13.0 Å². The average Bonchev–Trinajstić information content (AvgIpc) is 2.82. The van der Waals surface area contributed by atoms with Gasteiger partial charge in [0, 0.05) is 5.56 Å². The maximum Gasteiger partial charge on any atom is 0.174 e. The monoisotopic (exact) mass is 275 g/mol. The van der Waals surface area contributed by atoms with Crippen LogP contribution in [0.15, 0.2) is 28.6 Å². The van der Waals surface area contributed by atoms with Crippen LogP contribution < -0.4 is 0 Å². The Labute approximate surface area is 113 Å². The number of Topliss-reactive ketones (excluding diaryl/α,β-unsaturated/α-hetero) is 1. The topological polar surface area (TPSA) is 66.6 Å². The number of benzene rings is 1. The van der Waals surface area contributed by atoms with Crippen molar-refractivity contribution in [3.63, 3.8) is 0 Å². The van der Waals surface area contributed by atoms with Crippen molar-refractivity contribution in [1.82, 2.24) is 10.2 Å². The summed E-state index contributed by atoms with van der Waals surface area (Å²) in [7, 11) is 0. The second kappa shape index (κ2) is 5.76. The lowest BCUT2D eigenvalue weighted by atomic mass is 10.1. The Morgan fingerprint density at radius 1 is 1.39 bits per heavy atom. The molecule has 0 radical (unpaired) electrons. The number of hydrogen-bond acceptors (Lipinski definition) is 6. The van der Waals surface area contributed by atoms with Crippen LogP contribution in [0.25, 0.3) is 0 Å². The quantitative estimate of drug-likeness (QED) is 0.634. The van der Waals surface area contributed by atoms with Crippen LogP contribution in [0.2, 0.25) is 0 Å². The fourth-order valence-corrected chi connectivity index (χ4v) is 2.99. The number of hydrogen-bond donors (Lipinski definition) is 0. The molecule has 0 N–H and O–H groups in total. The smallest absolute Gasteiger partial charge is 0.174 e. The van der Waals surface area contributed by atoms with Gasteiger partial charge in [0.1, 0.15) is 5.01 Å². The number of ketones is 1. The summed E-state index contributed by atoms with van der Waals surface area (Å²) >= 11 is 2.86. The Balaban J connectivity index is 1.97. The van der Waals surface area contributed by atoms with Crippen molar-refractivity contribution in [2.45, 2.75) is 11.3 Å². The number of rotatable bonds is 4. The number of aryl methyl sites for hydroxylation is 1. The molecule has 0 atom stereocenters. The Bertz CT molecular complexity index is 599. The molecule has 18 heavy (non-hydrogen) atoms. The highest BCUT2D eigenvalue weighted by molar-refractivity contribution is 8.01. The molecule has 6 heteroatoms. The minimum absolute atomic E-state index is 0.0253. The molecule has 4 nitrogen and oxygen atoms in total. The van der Waals surface area contributed by atoms with Gasteiger partial charge in [-0.2, -0.15) is 5.26 Å². The molecule has 0 spiro atoms. The Kier molecular flexibility index (Phi) is 4.07. The number of aromatic nitrogens is 2. The fraction of sp³-hybridized carbons (Fsp3) is 0.167. The zero-order chi connectivity index (χ0) is 13.0. The highest BCUT2D eigenvalue weighted by Crippen LogP contribution is 2.22. The Hall–Kier alpha value is -1.71. The Morgan fingerprint density at radius 2 is 2.11 bits per heavy atom. The molecule has 0 bridgehead atoms. The van der Waals surface area contributed by atoms with E-state index in [0.717, 1.165) is 9.35 Å². The molecule has 0 unspecified atom stereocenters. The summed E-state index contributed by atoms with van der Waals surface area (Å²) in [6.45, 7) is 1.88. The third-order valence-electron chi connectivity index (χ3n) is 2.17. The molecule has 0 amide bonds. The van der Waals surface area contributed by atoms with Gasteiger partial charge in [-0.1, -0.05) is 35.2 Å². The molecule has 0 saturated heterocycles. The lowest BCUT2D eigenvalue weighted by molar-refractivity contribution is 0.102. The molecule has 1 aromatic carbocycles. The second-order valence-electron chi connectivity index (χ2n) is 3.49. The minimum atomic E-state index is 0.0253. The van der Waals surface area contributed by atoms with E-state index < -0.39 is 0 Å². The van der Waals surface area contributed by atoms with E-state index in [4.69, 9.17) is 5.26 Å². The highest BCUT2D eigenvalue weighted by atomic mass is 32.2. The third kappa shape index (κ3) is 3.15. The van der Waals surface area contributed by atoms with E-state index in [-0.39, 0.29) is 5.78 Å². The molecular weight excluding hydrogens is 266 g/mol. The molecule has 0 saturated carbocycles. The van der Waals surface area contributed by atoms with Crippen molar-refractivity contribution in [2.75, 3.05) is 5.75 Å². The van der Waals surface area contributed by atoms with Gasteiger partial charge in [-0.25, -0.2) is 0 Å². The molecular formula is C12H9N3OS2. The molecule has 2 rings (SSSR count). The maximum absolute atomic E-state index is 11.9. The van der Waals surface area contributed by atoms with Gasteiger partial charge in [0.15, 0.2) is 10.1 Å². The first-order valence-electron chi connectivity index (χ1n) is 5.15. The largest absolute Gasteiger partial charge is 0.293 e. The lowest BCUT2D eigenvalue weighted by Crippen LogP contribution is -2.01. The van der Waals surface area contributed by atoms with Crippen LogP contribution in [0, 0.1) is 18.3 Å². The van der Waals surface area contributed by atoms with Crippen LogP contribution in [0.3, 0.4) is 0 Å². The molecule has 0 aliphatic carbocycles. The van der Waals surface area contributed by atoms with E-state index in [1.165, 1.54) is 23.1 Å². The van der Waals surface area contributed by atoms with Crippen LogP contribution in [-0.2, 0) is 0 Å². The molecule has 1 aromatic heterocycles. The first kappa shape index (κ1) is 12.7. The van der Waals surface area contributed by atoms with E-state index >= 15 is 0 Å². The first-order chi connectivity index (χ1) is 8.69. The predicted octanol–water partition coefficient (Wildman–Crippen LogP) is 2.69. The number of carbonyl (C=O) groups is 1. The first-order valence-corrected chi connectivity index (χ1v) is 6.95. The summed E-state index contributed by atoms with van der Waals surface area (Å²) in [5, 5.41) is 17.4. The molecule has 0 aliphatic heterocycles. The molecule has 1 heterocycles. The van der Waals surface area contributed by atoms with Gasteiger partial charge in [-0.3, -0.25) is 4.79 Å². The van der Waals surface area contributed by atoms with Crippen LogP contribution in [0.5, 0.6) is 0 Å². The van der Waals surface area contributed by atoms with E-state index in [2.05, 4.69) is 10.2 Å². The molecule has 0 fully saturated rings. The SMILES string of the molecule is Cc1nnc(SCC(=O)c2ccc(C#N)cc2)s1. The summed E-state index contributed by atoms with van der Waals surface area (Å²) in [6.07, 6.45) is 0. The van der Waals surface area contributed by atoms with E-state index in [1.54, 1.807) is 24.3 Å². The summed E-state index contributed by atoms with van der Waals surface area (Å²) in [4.78, 5) is 11.9. The van der Waals surface area contributed by atoms with Crippen molar-refractivity contribution in [2.24, 2.45) is 0 Å². The molecule has 0 aliphatic rings. The maximum atomic E-state index is 11.9. The third-order valence-corrected chi connectivity index (χ3v) is 4.14. The van der Waals surface area contributed by atoms with E-state index in [9.17, 15) is 4.79 Å². The lowest BCUT2D eigenvalue weighted by Gasteiger charge is -1.98. The summed E-state index contributed by atoms with van der Waals surface area (Å²) in [6, 6.07) is 8.66. The van der Waals surface area contributed by atoms with Gasteiger partial charge in [0.25, 0.3) is 0 Å². The summed E-state index contributed by atoms with van der Waals surface area (Å²) in [5.74, 6) is 0.359. The molecule has 90 valence electrons. The highest BCUT2D eigenvalue weighted by Gasteiger charge is 2.08. The number of carbonyl (C=O) groups excluding carboxylic acids is 1. The molecule has 2 aromatic rings. The van der Waals surface area contributed by atoms with Gasteiger partial charge in [-0.05, 0) is 19.1 Å². The van der Waals surface area contributed by atoms with Crippen molar-refractivity contribution < 1.29 is 4.79 Å². The van der Waals surface area contributed by atoms with Crippen LogP contribution >= 0.6 is 23.1 Å². The number of nitriles is 1. The van der Waals surface area contributed by atoms with Crippen molar-refractivity contribution in [3.05, 3.63) is 40.4 Å². The van der Waals surface area contributed by atoms with Crippen LogP contribution in [0.1, 0.15) is 20.9 Å². The minimum Gasteiger partial charge on any atom is -0.293 e. The fourth-order valence-electron chi connectivity index (χ4n) is 1.28. The van der Waals surface area contributed by atoms with Crippen molar-refractivity contribution >= 4 is 28.9 Å². The van der Waals surface area contributed by atoms with Gasteiger partial charge in [0.2, 0.25) is 0 Å². The van der Waals surface area contributed by atoms with E-state index in [0.29, 0.717) is 16.9 Å². The normalized spacial score (nSPS) is 10.0. The van der Waals surface area contributed by atoms with Gasteiger partial charge < -0.3 is 0 Å². The van der Waals surface area contributed by atoms with Crippen LogP contribution in [0.4, 0.5) is 0 Å². The zero-order valence-corrected chi connectivity index (χ0v) is 11.2.